The molecule has 0 aliphatic rings. The highest BCUT2D eigenvalue weighted by Crippen LogP contribution is 2.24. The number of benzene rings is 1. The molecule has 4 aromatic rings. The number of nitrogens with zero attached hydrogens (tertiary/aromatic N) is 7. The normalized spacial score (nSPS) is 11.6. The number of para-hydroxylation sites is 1. The Balaban J connectivity index is 1.82. The monoisotopic (exact) mass is 383 g/mol. The molecule has 140 valence electrons. The van der Waals surface area contributed by atoms with E-state index < -0.39 is 0 Å². The Hall–Kier alpha value is -2.68. The van der Waals surface area contributed by atoms with Crippen LogP contribution in [0.4, 0.5) is 0 Å². The van der Waals surface area contributed by atoms with Crippen LogP contribution in [0.15, 0.2) is 40.5 Å². The fourth-order valence-corrected chi connectivity index (χ4v) is 4.06. The van der Waals surface area contributed by atoms with Crippen molar-refractivity contribution in [3.8, 4) is 0 Å². The molecule has 27 heavy (non-hydrogen) atoms. The maximum absolute atomic E-state index is 13.0. The molecule has 3 heterocycles. The standard InChI is InChI=1S/C18H21N7OS/c1-3-4-7-10-24-16(26)13-8-5-6-9-14(13)25-17(24)21-22-18(25)27-11-15-19-12-20-23(15)2/h5-6,8-9,12H,3-4,7,10-11H2,1-2H3. The fourth-order valence-electron chi connectivity index (χ4n) is 3.13. The van der Waals surface area contributed by atoms with E-state index in [0.717, 1.165) is 35.8 Å². The quantitative estimate of drug-likeness (QED) is 0.360. The van der Waals surface area contributed by atoms with Crippen molar-refractivity contribution in [1.82, 2.24) is 33.9 Å². The topological polar surface area (TPSA) is 82.9 Å². The van der Waals surface area contributed by atoms with Gasteiger partial charge in [-0.05, 0) is 18.6 Å². The van der Waals surface area contributed by atoms with Crippen LogP contribution < -0.4 is 5.56 Å². The van der Waals surface area contributed by atoms with E-state index in [1.165, 1.54) is 11.8 Å². The molecule has 0 aliphatic heterocycles. The van der Waals surface area contributed by atoms with Gasteiger partial charge in [0, 0.05) is 13.6 Å². The van der Waals surface area contributed by atoms with Crippen LogP contribution in [-0.2, 0) is 19.3 Å². The van der Waals surface area contributed by atoms with Crippen LogP contribution >= 0.6 is 11.8 Å². The number of hydrogen-bond donors (Lipinski definition) is 0. The molecule has 0 unspecified atom stereocenters. The molecule has 0 aliphatic carbocycles. The van der Waals surface area contributed by atoms with Crippen LogP contribution in [-0.4, -0.2) is 33.9 Å². The molecule has 8 nitrogen and oxygen atoms in total. The average molecular weight is 383 g/mol. The molecule has 3 aromatic heterocycles. The highest BCUT2D eigenvalue weighted by molar-refractivity contribution is 7.98. The van der Waals surface area contributed by atoms with Gasteiger partial charge in [0.05, 0.1) is 16.7 Å². The van der Waals surface area contributed by atoms with Crippen molar-refractivity contribution in [2.75, 3.05) is 0 Å². The van der Waals surface area contributed by atoms with Gasteiger partial charge in [-0.3, -0.25) is 18.4 Å². The fraction of sp³-hybridized carbons (Fsp3) is 0.389. The zero-order chi connectivity index (χ0) is 18.8. The Morgan fingerprint density at radius 2 is 2.00 bits per heavy atom. The summed E-state index contributed by atoms with van der Waals surface area (Å²) in [6.45, 7) is 2.80. The molecule has 0 saturated heterocycles. The summed E-state index contributed by atoms with van der Waals surface area (Å²) in [5, 5.41) is 14.2. The van der Waals surface area contributed by atoms with Crippen LogP contribution in [0.2, 0.25) is 0 Å². The van der Waals surface area contributed by atoms with E-state index in [0.29, 0.717) is 23.5 Å². The van der Waals surface area contributed by atoms with Gasteiger partial charge in [-0.1, -0.05) is 43.7 Å². The number of unbranched alkanes of at least 4 members (excludes halogenated alkanes) is 2. The molecule has 0 fully saturated rings. The van der Waals surface area contributed by atoms with Crippen molar-refractivity contribution in [1.29, 1.82) is 0 Å². The van der Waals surface area contributed by atoms with Gasteiger partial charge >= 0.3 is 0 Å². The number of aryl methyl sites for hydroxylation is 2. The Kier molecular flexibility index (Phi) is 4.93. The molecular weight excluding hydrogens is 362 g/mol. The second-order valence-corrected chi connectivity index (χ2v) is 7.33. The second kappa shape index (κ2) is 7.51. The van der Waals surface area contributed by atoms with Gasteiger partial charge in [-0.25, -0.2) is 4.98 Å². The minimum Gasteiger partial charge on any atom is -0.276 e. The third-order valence-electron chi connectivity index (χ3n) is 4.60. The van der Waals surface area contributed by atoms with Crippen molar-refractivity contribution in [2.24, 2.45) is 7.05 Å². The lowest BCUT2D eigenvalue weighted by atomic mass is 10.2. The zero-order valence-electron chi connectivity index (χ0n) is 15.4. The second-order valence-electron chi connectivity index (χ2n) is 6.39. The summed E-state index contributed by atoms with van der Waals surface area (Å²) < 4.78 is 5.47. The third kappa shape index (κ3) is 3.23. The van der Waals surface area contributed by atoms with Crippen molar-refractivity contribution in [3.05, 3.63) is 46.8 Å². The van der Waals surface area contributed by atoms with Crippen LogP contribution in [0.1, 0.15) is 32.0 Å². The van der Waals surface area contributed by atoms with E-state index in [1.54, 1.807) is 15.6 Å². The van der Waals surface area contributed by atoms with E-state index >= 15 is 0 Å². The van der Waals surface area contributed by atoms with Gasteiger partial charge in [-0.2, -0.15) is 5.10 Å². The Morgan fingerprint density at radius 3 is 2.78 bits per heavy atom. The largest absolute Gasteiger partial charge is 0.276 e. The highest BCUT2D eigenvalue weighted by Gasteiger charge is 2.17. The summed E-state index contributed by atoms with van der Waals surface area (Å²) in [4.78, 5) is 17.2. The van der Waals surface area contributed by atoms with Gasteiger partial charge in [0.1, 0.15) is 12.2 Å². The van der Waals surface area contributed by atoms with Gasteiger partial charge in [0.2, 0.25) is 5.78 Å². The smallest absolute Gasteiger partial charge is 0.262 e. The molecule has 0 saturated carbocycles. The van der Waals surface area contributed by atoms with Crippen molar-refractivity contribution in [2.45, 2.75) is 43.6 Å². The molecule has 9 heteroatoms. The maximum atomic E-state index is 13.0. The van der Waals surface area contributed by atoms with Crippen LogP contribution in [0, 0.1) is 0 Å². The molecular formula is C18H21N7OS. The van der Waals surface area contributed by atoms with Crippen LogP contribution in [0.5, 0.6) is 0 Å². The predicted octanol–water partition coefficient (Wildman–Crippen LogP) is 2.66. The highest BCUT2D eigenvalue weighted by atomic mass is 32.2. The number of aromatic nitrogens is 7. The molecule has 4 rings (SSSR count). The van der Waals surface area contributed by atoms with Crippen molar-refractivity contribution in [3.63, 3.8) is 0 Å². The SMILES string of the molecule is CCCCCn1c(=O)c2ccccc2n2c(SCc3ncnn3C)nnc12. The molecule has 0 radical (unpaired) electrons. The summed E-state index contributed by atoms with van der Waals surface area (Å²) in [7, 11) is 1.87. The Labute approximate surface area is 160 Å². The maximum Gasteiger partial charge on any atom is 0.262 e. The van der Waals surface area contributed by atoms with E-state index in [1.807, 2.05) is 35.7 Å². The van der Waals surface area contributed by atoms with E-state index in [2.05, 4.69) is 27.2 Å². The number of rotatable bonds is 7. The lowest BCUT2D eigenvalue weighted by molar-refractivity contribution is 0.594. The van der Waals surface area contributed by atoms with Crippen LogP contribution in [0.3, 0.4) is 0 Å². The minimum atomic E-state index is -0.00791. The zero-order valence-corrected chi connectivity index (χ0v) is 16.2. The summed E-state index contributed by atoms with van der Waals surface area (Å²) in [5.41, 5.74) is 0.821. The summed E-state index contributed by atoms with van der Waals surface area (Å²) in [6, 6.07) is 7.63. The average Bonchev–Trinajstić information content (AvgIpc) is 3.29. The van der Waals surface area contributed by atoms with Crippen molar-refractivity contribution >= 4 is 28.4 Å². The number of thioether (sulfide) groups is 1. The van der Waals surface area contributed by atoms with E-state index in [9.17, 15) is 4.79 Å². The predicted molar refractivity (Wildman–Crippen MR) is 105 cm³/mol. The Morgan fingerprint density at radius 1 is 1.15 bits per heavy atom. The first-order chi connectivity index (χ1) is 13.2. The minimum absolute atomic E-state index is 0.00791. The van der Waals surface area contributed by atoms with Gasteiger partial charge in [0.25, 0.3) is 5.56 Å². The summed E-state index contributed by atoms with van der Waals surface area (Å²) >= 11 is 1.54. The lowest BCUT2D eigenvalue weighted by Gasteiger charge is -2.11. The Bertz CT molecular complexity index is 1140. The van der Waals surface area contributed by atoms with E-state index in [4.69, 9.17) is 0 Å². The summed E-state index contributed by atoms with van der Waals surface area (Å²) in [5.74, 6) is 2.08. The number of hydrogen-bond acceptors (Lipinski definition) is 6. The van der Waals surface area contributed by atoms with Crippen LogP contribution in [0.25, 0.3) is 16.7 Å². The first-order valence-corrected chi connectivity index (χ1v) is 10.0. The molecule has 0 N–H and O–H groups in total. The lowest BCUT2D eigenvalue weighted by Crippen LogP contribution is -2.23. The van der Waals surface area contributed by atoms with Gasteiger partial charge in [-0.15, -0.1) is 10.2 Å². The third-order valence-corrected chi connectivity index (χ3v) is 5.52. The first-order valence-electron chi connectivity index (χ1n) is 9.03. The van der Waals surface area contributed by atoms with Gasteiger partial charge < -0.3 is 0 Å². The molecule has 0 atom stereocenters. The molecule has 0 bridgehead atoms. The van der Waals surface area contributed by atoms with E-state index in [-0.39, 0.29) is 5.56 Å². The number of fused-ring (bicyclic) bond motifs is 3. The summed E-state index contributed by atoms with van der Waals surface area (Å²) in [6.07, 6.45) is 4.66. The molecule has 0 amide bonds. The van der Waals surface area contributed by atoms with Gasteiger partial charge in [0.15, 0.2) is 5.16 Å². The van der Waals surface area contributed by atoms with Crippen molar-refractivity contribution < 1.29 is 0 Å². The first kappa shape index (κ1) is 17.7. The molecule has 1 aromatic carbocycles. The molecule has 0 spiro atoms.